The average Bonchev–Trinajstić information content (AvgIpc) is 3.45. The van der Waals surface area contributed by atoms with Crippen molar-refractivity contribution in [2.24, 2.45) is 0 Å². The Morgan fingerprint density at radius 1 is 0.944 bits per heavy atom. The minimum absolute atomic E-state index is 0.0240. The van der Waals surface area contributed by atoms with Crippen molar-refractivity contribution >= 4 is 34.3 Å². The molecular weight excluding hydrogens is 456 g/mol. The first-order valence-electron chi connectivity index (χ1n) is 11.6. The SMILES string of the molecule is COC(=O)c1ccc(C2/C(=C(\O)c3ccccc3)C(=O)C(=O)N2CCc2c[nH]c3ccccc23)cc1. The van der Waals surface area contributed by atoms with Gasteiger partial charge in [0.25, 0.3) is 11.7 Å². The molecule has 1 aliphatic heterocycles. The van der Waals surface area contributed by atoms with Crippen molar-refractivity contribution in [1.82, 2.24) is 9.88 Å². The van der Waals surface area contributed by atoms with E-state index in [1.165, 1.54) is 12.0 Å². The fourth-order valence-electron chi connectivity index (χ4n) is 4.71. The number of ketones is 1. The Morgan fingerprint density at radius 3 is 2.36 bits per heavy atom. The van der Waals surface area contributed by atoms with Gasteiger partial charge in [-0.1, -0.05) is 60.7 Å². The number of methoxy groups -OCH3 is 1. The van der Waals surface area contributed by atoms with Gasteiger partial charge in [-0.2, -0.15) is 0 Å². The number of para-hydroxylation sites is 1. The number of amides is 1. The largest absolute Gasteiger partial charge is 0.507 e. The van der Waals surface area contributed by atoms with Crippen LogP contribution in [0.4, 0.5) is 0 Å². The number of benzene rings is 3. The van der Waals surface area contributed by atoms with Gasteiger partial charge in [-0.05, 0) is 35.7 Å². The molecule has 0 radical (unpaired) electrons. The molecule has 2 N–H and O–H groups in total. The summed E-state index contributed by atoms with van der Waals surface area (Å²) < 4.78 is 4.78. The van der Waals surface area contributed by atoms with E-state index in [1.807, 2.05) is 30.5 Å². The molecule has 2 heterocycles. The molecule has 7 nitrogen and oxygen atoms in total. The summed E-state index contributed by atoms with van der Waals surface area (Å²) in [6.07, 6.45) is 2.42. The number of aromatic nitrogens is 1. The number of aliphatic hydroxyl groups is 1. The minimum atomic E-state index is -0.804. The number of ether oxygens (including phenoxy) is 1. The van der Waals surface area contributed by atoms with Crippen molar-refractivity contribution in [1.29, 1.82) is 0 Å². The van der Waals surface area contributed by atoms with E-state index in [1.54, 1.807) is 54.6 Å². The lowest BCUT2D eigenvalue weighted by molar-refractivity contribution is -0.139. The molecule has 3 aromatic carbocycles. The zero-order valence-electron chi connectivity index (χ0n) is 19.6. The maximum absolute atomic E-state index is 13.2. The second kappa shape index (κ2) is 9.54. The zero-order valence-corrected chi connectivity index (χ0v) is 19.6. The van der Waals surface area contributed by atoms with Crippen molar-refractivity contribution < 1.29 is 24.2 Å². The number of hydrogen-bond acceptors (Lipinski definition) is 5. The van der Waals surface area contributed by atoms with Crippen LogP contribution in [0.3, 0.4) is 0 Å². The summed E-state index contributed by atoms with van der Waals surface area (Å²) in [4.78, 5) is 43.1. The molecule has 7 heteroatoms. The average molecular weight is 481 g/mol. The highest BCUT2D eigenvalue weighted by molar-refractivity contribution is 6.46. The number of nitrogens with one attached hydrogen (secondary N) is 1. The molecule has 0 spiro atoms. The van der Waals surface area contributed by atoms with E-state index in [-0.39, 0.29) is 17.9 Å². The highest BCUT2D eigenvalue weighted by atomic mass is 16.5. The molecule has 36 heavy (non-hydrogen) atoms. The summed E-state index contributed by atoms with van der Waals surface area (Å²) in [6.45, 7) is 0.265. The molecule has 1 atom stereocenters. The molecule has 0 saturated carbocycles. The number of rotatable bonds is 6. The van der Waals surface area contributed by atoms with Crippen LogP contribution >= 0.6 is 0 Å². The van der Waals surface area contributed by atoms with E-state index in [0.717, 1.165) is 16.5 Å². The number of carbonyl (C=O) groups excluding carboxylic acids is 3. The monoisotopic (exact) mass is 480 g/mol. The van der Waals surface area contributed by atoms with Gasteiger partial charge in [0.2, 0.25) is 0 Å². The van der Waals surface area contributed by atoms with Crippen molar-refractivity contribution in [2.75, 3.05) is 13.7 Å². The van der Waals surface area contributed by atoms with Crippen LogP contribution in [0.2, 0.25) is 0 Å². The van der Waals surface area contributed by atoms with Crippen LogP contribution < -0.4 is 0 Å². The zero-order chi connectivity index (χ0) is 25.2. The maximum Gasteiger partial charge on any atom is 0.337 e. The lowest BCUT2D eigenvalue weighted by Gasteiger charge is -2.25. The van der Waals surface area contributed by atoms with E-state index >= 15 is 0 Å². The number of Topliss-reactive ketones (excluding diaryl/α,β-unsaturated/α-hetero) is 1. The summed E-state index contributed by atoms with van der Waals surface area (Å²) in [6, 6.07) is 22.3. The van der Waals surface area contributed by atoms with Crippen LogP contribution in [0, 0.1) is 0 Å². The first kappa shape index (κ1) is 23.1. The predicted octanol–water partition coefficient (Wildman–Crippen LogP) is 4.62. The van der Waals surface area contributed by atoms with E-state index in [0.29, 0.717) is 23.1 Å². The van der Waals surface area contributed by atoms with Crippen LogP contribution in [0.15, 0.2) is 90.6 Å². The Kier molecular flexibility index (Phi) is 6.12. The van der Waals surface area contributed by atoms with Gasteiger partial charge in [-0.25, -0.2) is 4.79 Å². The van der Waals surface area contributed by atoms with E-state index < -0.39 is 23.7 Å². The van der Waals surface area contributed by atoms with Crippen LogP contribution in [0.5, 0.6) is 0 Å². The number of esters is 1. The summed E-state index contributed by atoms with van der Waals surface area (Å²) >= 11 is 0. The third-order valence-electron chi connectivity index (χ3n) is 6.53. The molecule has 4 aromatic rings. The molecule has 180 valence electrons. The minimum Gasteiger partial charge on any atom is -0.507 e. The summed E-state index contributed by atoms with van der Waals surface area (Å²) in [5.74, 6) is -2.13. The summed E-state index contributed by atoms with van der Waals surface area (Å²) in [7, 11) is 1.30. The number of hydrogen-bond donors (Lipinski definition) is 2. The van der Waals surface area contributed by atoms with Gasteiger partial charge in [-0.15, -0.1) is 0 Å². The van der Waals surface area contributed by atoms with Gasteiger partial charge >= 0.3 is 5.97 Å². The summed E-state index contributed by atoms with van der Waals surface area (Å²) in [5, 5.41) is 12.2. The van der Waals surface area contributed by atoms with Crippen LogP contribution in [-0.2, 0) is 20.7 Å². The molecule has 1 amide bonds. The van der Waals surface area contributed by atoms with Crippen molar-refractivity contribution in [3.8, 4) is 0 Å². The fourth-order valence-corrected chi connectivity index (χ4v) is 4.71. The summed E-state index contributed by atoms with van der Waals surface area (Å²) in [5.41, 5.74) is 3.45. The third-order valence-corrected chi connectivity index (χ3v) is 6.53. The molecule has 0 bridgehead atoms. The van der Waals surface area contributed by atoms with Gasteiger partial charge < -0.3 is 19.7 Å². The highest BCUT2D eigenvalue weighted by Gasteiger charge is 2.45. The number of fused-ring (bicyclic) bond motifs is 1. The first-order valence-corrected chi connectivity index (χ1v) is 11.6. The lowest BCUT2D eigenvalue weighted by atomic mass is 9.94. The van der Waals surface area contributed by atoms with Gasteiger partial charge in [-0.3, -0.25) is 9.59 Å². The molecule has 1 fully saturated rings. The predicted molar refractivity (Wildman–Crippen MR) is 135 cm³/mol. The topological polar surface area (TPSA) is 99.7 Å². The number of aliphatic hydroxyl groups excluding tert-OH is 1. The lowest BCUT2D eigenvalue weighted by Crippen LogP contribution is -2.31. The Hall–Kier alpha value is -4.65. The second-order valence-corrected chi connectivity index (χ2v) is 8.58. The number of likely N-dealkylation sites (tertiary alicyclic amines) is 1. The molecule has 1 saturated heterocycles. The quantitative estimate of drug-likeness (QED) is 0.182. The molecular formula is C29H24N2O5. The third kappa shape index (κ3) is 4.05. The van der Waals surface area contributed by atoms with Gasteiger partial charge in [0, 0.05) is 29.2 Å². The van der Waals surface area contributed by atoms with E-state index in [2.05, 4.69) is 4.98 Å². The standard InChI is InChI=1S/C29H24N2O5/c1-36-29(35)20-13-11-18(12-14-20)25-24(26(32)19-7-3-2-4-8-19)27(33)28(34)31(25)16-15-21-17-30-23-10-6-5-9-22(21)23/h2-14,17,25,30,32H,15-16H2,1H3/b26-24+. The molecule has 1 unspecified atom stereocenters. The number of aromatic amines is 1. The van der Waals surface area contributed by atoms with E-state index in [4.69, 9.17) is 4.74 Å². The highest BCUT2D eigenvalue weighted by Crippen LogP contribution is 2.39. The van der Waals surface area contributed by atoms with Gasteiger partial charge in [0.1, 0.15) is 5.76 Å². The first-order chi connectivity index (χ1) is 17.5. The van der Waals surface area contributed by atoms with Crippen LogP contribution in [0.25, 0.3) is 16.7 Å². The molecule has 1 aliphatic rings. The van der Waals surface area contributed by atoms with Crippen molar-refractivity contribution in [2.45, 2.75) is 12.5 Å². The van der Waals surface area contributed by atoms with E-state index in [9.17, 15) is 19.5 Å². The number of H-pyrrole nitrogens is 1. The van der Waals surface area contributed by atoms with Crippen molar-refractivity contribution in [3.05, 3.63) is 113 Å². The molecule has 0 aliphatic carbocycles. The Balaban J connectivity index is 1.56. The fraction of sp³-hybridized carbons (Fsp3) is 0.138. The van der Waals surface area contributed by atoms with Crippen LogP contribution in [0.1, 0.15) is 33.1 Å². The number of nitrogens with zero attached hydrogens (tertiary/aromatic N) is 1. The van der Waals surface area contributed by atoms with Crippen molar-refractivity contribution in [3.63, 3.8) is 0 Å². The molecule has 1 aromatic heterocycles. The Bertz CT molecular complexity index is 1490. The van der Waals surface area contributed by atoms with Crippen LogP contribution in [-0.4, -0.2) is 46.3 Å². The Labute approximate surface area is 207 Å². The number of carbonyl (C=O) groups is 3. The second-order valence-electron chi connectivity index (χ2n) is 8.58. The molecule has 5 rings (SSSR count). The smallest absolute Gasteiger partial charge is 0.337 e. The normalized spacial score (nSPS) is 17.0. The maximum atomic E-state index is 13.2. The van der Waals surface area contributed by atoms with Gasteiger partial charge in [0.15, 0.2) is 0 Å². The van der Waals surface area contributed by atoms with Gasteiger partial charge in [0.05, 0.1) is 24.3 Å². The Morgan fingerprint density at radius 2 is 1.64 bits per heavy atom.